The van der Waals surface area contributed by atoms with Crippen molar-refractivity contribution in [2.75, 3.05) is 18.4 Å². The monoisotopic (exact) mass is 431 g/mol. The lowest BCUT2D eigenvalue weighted by Crippen LogP contribution is -2.42. The highest BCUT2D eigenvalue weighted by Crippen LogP contribution is 2.27. The molecular weight excluding hydrogens is 406 g/mol. The number of sulfonamides is 1. The molecule has 160 valence electrons. The number of hydrogen-bond acceptors (Lipinski definition) is 5. The minimum Gasteiger partial charge on any atom is -0.321 e. The van der Waals surface area contributed by atoms with E-state index < -0.39 is 20.9 Å². The third-order valence-electron chi connectivity index (χ3n) is 5.27. The maximum atomic E-state index is 13.0. The van der Waals surface area contributed by atoms with E-state index in [4.69, 9.17) is 0 Å². The number of nitrogens with zero attached hydrogens (tertiary/aromatic N) is 2. The predicted molar refractivity (Wildman–Crippen MR) is 114 cm³/mol. The van der Waals surface area contributed by atoms with Gasteiger partial charge in [0, 0.05) is 30.8 Å². The van der Waals surface area contributed by atoms with E-state index in [-0.39, 0.29) is 16.1 Å². The highest BCUT2D eigenvalue weighted by Gasteiger charge is 2.31. The zero-order valence-electron chi connectivity index (χ0n) is 17.2. The van der Waals surface area contributed by atoms with Gasteiger partial charge in [0.1, 0.15) is 0 Å². The largest absolute Gasteiger partial charge is 0.321 e. The first-order chi connectivity index (χ1) is 14.1. The number of nitro groups is 1. The van der Waals surface area contributed by atoms with Gasteiger partial charge in [-0.3, -0.25) is 14.9 Å². The van der Waals surface area contributed by atoms with Gasteiger partial charge in [-0.15, -0.1) is 0 Å². The summed E-state index contributed by atoms with van der Waals surface area (Å²) >= 11 is 0. The van der Waals surface area contributed by atoms with Gasteiger partial charge in [0.25, 0.3) is 11.6 Å². The van der Waals surface area contributed by atoms with Crippen molar-refractivity contribution >= 4 is 27.3 Å². The first-order valence-electron chi connectivity index (χ1n) is 9.74. The number of rotatable bonds is 5. The molecule has 0 radical (unpaired) electrons. The van der Waals surface area contributed by atoms with Crippen LogP contribution in [0.25, 0.3) is 0 Å². The van der Waals surface area contributed by atoms with Crippen LogP contribution in [-0.4, -0.2) is 36.6 Å². The lowest BCUT2D eigenvalue weighted by molar-refractivity contribution is -0.384. The van der Waals surface area contributed by atoms with E-state index in [0.717, 1.165) is 6.42 Å². The minimum atomic E-state index is -3.62. The third kappa shape index (κ3) is 4.68. The zero-order valence-corrected chi connectivity index (χ0v) is 18.0. The van der Waals surface area contributed by atoms with E-state index in [1.807, 2.05) is 13.8 Å². The molecule has 2 aromatic rings. The standard InChI is InChI=1S/C21H25N3O5S/c1-14-10-15(2)13-23(12-14)30(28,29)19-8-5-17(6-9-19)21(25)22-20-11-18(24(26)27)7-4-16(20)3/h4-9,11,14-15H,10,12-13H2,1-3H3,(H,22,25). The van der Waals surface area contributed by atoms with Gasteiger partial charge in [-0.1, -0.05) is 19.9 Å². The van der Waals surface area contributed by atoms with Crippen LogP contribution in [0.3, 0.4) is 0 Å². The molecule has 0 aliphatic carbocycles. The molecule has 1 aliphatic heterocycles. The molecule has 1 amide bonds. The molecule has 0 saturated carbocycles. The molecule has 0 aromatic heterocycles. The van der Waals surface area contributed by atoms with Crippen LogP contribution in [0.5, 0.6) is 0 Å². The normalized spacial score (nSPS) is 20.0. The summed E-state index contributed by atoms with van der Waals surface area (Å²) in [6.07, 6.45) is 1.00. The smallest absolute Gasteiger partial charge is 0.271 e. The number of nitrogens with one attached hydrogen (secondary N) is 1. The van der Waals surface area contributed by atoms with Crippen LogP contribution in [-0.2, 0) is 10.0 Å². The highest BCUT2D eigenvalue weighted by atomic mass is 32.2. The Labute approximate surface area is 176 Å². The summed E-state index contributed by atoms with van der Waals surface area (Å²) in [5.41, 5.74) is 1.16. The van der Waals surface area contributed by atoms with Crippen molar-refractivity contribution in [3.8, 4) is 0 Å². The number of aryl methyl sites for hydroxylation is 1. The first-order valence-corrected chi connectivity index (χ1v) is 11.2. The van der Waals surface area contributed by atoms with Gasteiger partial charge in [0.15, 0.2) is 0 Å². The molecule has 0 spiro atoms. The van der Waals surface area contributed by atoms with Crippen molar-refractivity contribution in [3.63, 3.8) is 0 Å². The van der Waals surface area contributed by atoms with Gasteiger partial charge < -0.3 is 5.32 Å². The third-order valence-corrected chi connectivity index (χ3v) is 7.12. The summed E-state index contributed by atoms with van der Waals surface area (Å²) in [5, 5.41) is 13.6. The number of anilines is 1. The number of carbonyl (C=O) groups excluding carboxylic acids is 1. The number of amides is 1. The van der Waals surface area contributed by atoms with Gasteiger partial charge in [-0.25, -0.2) is 8.42 Å². The van der Waals surface area contributed by atoms with Crippen LogP contribution in [0.2, 0.25) is 0 Å². The van der Waals surface area contributed by atoms with Crippen LogP contribution in [0, 0.1) is 28.9 Å². The summed E-state index contributed by atoms with van der Waals surface area (Å²) in [6.45, 7) is 6.79. The summed E-state index contributed by atoms with van der Waals surface area (Å²) in [6, 6.07) is 9.97. The second-order valence-corrected chi connectivity index (χ2v) is 9.94. The molecule has 1 aliphatic rings. The van der Waals surface area contributed by atoms with Crippen LogP contribution >= 0.6 is 0 Å². The minimum absolute atomic E-state index is 0.123. The molecule has 2 unspecified atom stereocenters. The zero-order chi connectivity index (χ0) is 22.1. The summed E-state index contributed by atoms with van der Waals surface area (Å²) in [7, 11) is -3.62. The number of non-ortho nitro benzene ring substituents is 1. The van der Waals surface area contributed by atoms with E-state index in [0.29, 0.717) is 36.2 Å². The SMILES string of the molecule is Cc1ccc([N+](=O)[O-])cc1NC(=O)c1ccc(S(=O)(=O)N2CC(C)CC(C)C2)cc1. The van der Waals surface area contributed by atoms with E-state index >= 15 is 0 Å². The quantitative estimate of drug-likeness (QED) is 0.572. The molecule has 1 fully saturated rings. The van der Waals surface area contributed by atoms with Crippen molar-refractivity contribution in [2.24, 2.45) is 11.8 Å². The Morgan fingerprint density at radius 2 is 1.70 bits per heavy atom. The molecular formula is C21H25N3O5S. The van der Waals surface area contributed by atoms with Crippen molar-refractivity contribution < 1.29 is 18.1 Å². The van der Waals surface area contributed by atoms with Gasteiger partial charge in [-0.2, -0.15) is 4.31 Å². The van der Waals surface area contributed by atoms with E-state index in [9.17, 15) is 23.3 Å². The van der Waals surface area contributed by atoms with Gasteiger partial charge in [0.2, 0.25) is 10.0 Å². The molecule has 2 aromatic carbocycles. The van der Waals surface area contributed by atoms with Crippen LogP contribution in [0.4, 0.5) is 11.4 Å². The lowest BCUT2D eigenvalue weighted by atomic mass is 9.94. The second kappa shape index (κ2) is 8.53. The summed E-state index contributed by atoms with van der Waals surface area (Å²) in [4.78, 5) is 23.1. The fraction of sp³-hybridized carbons (Fsp3) is 0.381. The van der Waals surface area contributed by atoms with Crippen molar-refractivity contribution in [1.29, 1.82) is 0 Å². The molecule has 9 heteroatoms. The Kier molecular flexibility index (Phi) is 6.23. The average Bonchev–Trinajstić information content (AvgIpc) is 2.68. The molecule has 2 atom stereocenters. The van der Waals surface area contributed by atoms with Gasteiger partial charge in [-0.05, 0) is 55.0 Å². The maximum absolute atomic E-state index is 13.0. The Morgan fingerprint density at radius 3 is 2.27 bits per heavy atom. The molecule has 1 heterocycles. The number of carbonyl (C=O) groups is 1. The van der Waals surface area contributed by atoms with E-state index in [1.54, 1.807) is 13.0 Å². The fourth-order valence-electron chi connectivity index (χ4n) is 3.78. The topological polar surface area (TPSA) is 110 Å². The van der Waals surface area contributed by atoms with Gasteiger partial charge in [0.05, 0.1) is 15.5 Å². The van der Waals surface area contributed by atoms with Crippen molar-refractivity contribution in [1.82, 2.24) is 4.31 Å². The molecule has 3 rings (SSSR count). The Hall–Kier alpha value is -2.78. The molecule has 1 N–H and O–H groups in total. The number of nitro benzene ring substituents is 1. The lowest BCUT2D eigenvalue weighted by Gasteiger charge is -2.34. The highest BCUT2D eigenvalue weighted by molar-refractivity contribution is 7.89. The Morgan fingerprint density at radius 1 is 1.10 bits per heavy atom. The van der Waals surface area contributed by atoms with E-state index in [1.165, 1.54) is 40.7 Å². The number of piperidine rings is 1. The van der Waals surface area contributed by atoms with Crippen LogP contribution < -0.4 is 5.32 Å². The van der Waals surface area contributed by atoms with Gasteiger partial charge >= 0.3 is 0 Å². The summed E-state index contributed by atoms with van der Waals surface area (Å²) in [5.74, 6) is 0.126. The fourth-order valence-corrected chi connectivity index (χ4v) is 5.46. The van der Waals surface area contributed by atoms with Crippen molar-refractivity contribution in [3.05, 3.63) is 63.7 Å². The van der Waals surface area contributed by atoms with Crippen LogP contribution in [0.15, 0.2) is 47.4 Å². The molecule has 30 heavy (non-hydrogen) atoms. The Balaban J connectivity index is 1.78. The molecule has 1 saturated heterocycles. The van der Waals surface area contributed by atoms with Crippen molar-refractivity contribution in [2.45, 2.75) is 32.1 Å². The molecule has 0 bridgehead atoms. The molecule has 8 nitrogen and oxygen atoms in total. The summed E-state index contributed by atoms with van der Waals surface area (Å²) < 4.78 is 27.4. The number of hydrogen-bond donors (Lipinski definition) is 1. The van der Waals surface area contributed by atoms with Crippen LogP contribution in [0.1, 0.15) is 36.2 Å². The predicted octanol–water partition coefficient (Wildman–Crippen LogP) is 3.82. The maximum Gasteiger partial charge on any atom is 0.271 e. The Bertz CT molecular complexity index is 1060. The first kappa shape index (κ1) is 21.9. The second-order valence-electron chi connectivity index (χ2n) is 8.00. The van der Waals surface area contributed by atoms with E-state index in [2.05, 4.69) is 5.32 Å². The average molecular weight is 432 g/mol. The number of benzene rings is 2.